The van der Waals surface area contributed by atoms with E-state index in [0.29, 0.717) is 18.6 Å². The molecule has 2 aromatic rings. The number of aromatic nitrogens is 2. The maximum atomic E-state index is 13.6. The zero-order valence-electron chi connectivity index (χ0n) is 10.9. The molecule has 0 saturated heterocycles. The number of anilines is 2. The molecule has 1 aliphatic heterocycles. The lowest BCUT2D eigenvalue weighted by Gasteiger charge is -2.17. The molecule has 21 heavy (non-hydrogen) atoms. The Kier molecular flexibility index (Phi) is 3.36. The summed E-state index contributed by atoms with van der Waals surface area (Å²) in [5, 5.41) is 2.76. The molecule has 0 spiro atoms. The van der Waals surface area contributed by atoms with E-state index < -0.39 is 5.82 Å². The Balaban J connectivity index is 1.87. The van der Waals surface area contributed by atoms with Crippen LogP contribution in [0.1, 0.15) is 12.0 Å². The van der Waals surface area contributed by atoms with Gasteiger partial charge in [0.2, 0.25) is 17.7 Å². The van der Waals surface area contributed by atoms with Crippen LogP contribution < -0.4 is 21.3 Å². The average molecular weight is 289 g/mol. The van der Waals surface area contributed by atoms with Crippen LogP contribution in [0.2, 0.25) is 0 Å². The van der Waals surface area contributed by atoms with Crippen molar-refractivity contribution in [3.05, 3.63) is 35.8 Å². The molecule has 2 heterocycles. The van der Waals surface area contributed by atoms with E-state index in [1.165, 1.54) is 0 Å². The second-order valence-electron chi connectivity index (χ2n) is 4.46. The van der Waals surface area contributed by atoms with Crippen molar-refractivity contribution in [1.82, 2.24) is 9.97 Å². The van der Waals surface area contributed by atoms with Crippen molar-refractivity contribution in [3.63, 3.8) is 0 Å². The fourth-order valence-electron chi connectivity index (χ4n) is 2.03. The van der Waals surface area contributed by atoms with Gasteiger partial charge in [-0.3, -0.25) is 10.2 Å². The van der Waals surface area contributed by atoms with Crippen molar-refractivity contribution in [1.29, 1.82) is 0 Å². The number of hydrazine groups is 1. The predicted molar refractivity (Wildman–Crippen MR) is 73.3 cm³/mol. The lowest BCUT2D eigenvalue weighted by atomic mass is 10.0. The molecule has 8 heteroatoms. The van der Waals surface area contributed by atoms with Crippen molar-refractivity contribution in [2.24, 2.45) is 5.84 Å². The maximum absolute atomic E-state index is 13.6. The second kappa shape index (κ2) is 5.33. The Morgan fingerprint density at radius 3 is 3.05 bits per heavy atom. The van der Waals surface area contributed by atoms with Crippen molar-refractivity contribution >= 4 is 17.5 Å². The van der Waals surface area contributed by atoms with Crippen molar-refractivity contribution in [3.8, 4) is 11.6 Å². The summed E-state index contributed by atoms with van der Waals surface area (Å²) in [6.07, 6.45) is 2.00. The van der Waals surface area contributed by atoms with Crippen LogP contribution in [0.4, 0.5) is 16.0 Å². The van der Waals surface area contributed by atoms with E-state index in [-0.39, 0.29) is 17.7 Å². The van der Waals surface area contributed by atoms with Gasteiger partial charge in [0.05, 0.1) is 6.20 Å². The first-order valence-electron chi connectivity index (χ1n) is 6.25. The van der Waals surface area contributed by atoms with E-state index in [4.69, 9.17) is 10.6 Å². The summed E-state index contributed by atoms with van der Waals surface area (Å²) in [6.45, 7) is 0. The number of carbonyl (C=O) groups is 1. The highest BCUT2D eigenvalue weighted by Crippen LogP contribution is 2.29. The molecular weight excluding hydrogens is 277 g/mol. The van der Waals surface area contributed by atoms with Crippen molar-refractivity contribution in [2.75, 3.05) is 10.7 Å². The molecule has 108 valence electrons. The molecule has 1 aromatic carbocycles. The van der Waals surface area contributed by atoms with Crippen LogP contribution in [0.3, 0.4) is 0 Å². The summed E-state index contributed by atoms with van der Waals surface area (Å²) < 4.78 is 19.0. The van der Waals surface area contributed by atoms with Gasteiger partial charge < -0.3 is 10.1 Å². The molecule has 7 nitrogen and oxygen atoms in total. The molecule has 0 unspecified atom stereocenters. The van der Waals surface area contributed by atoms with Crippen LogP contribution in [0.25, 0.3) is 0 Å². The number of ether oxygens (including phenoxy) is 1. The van der Waals surface area contributed by atoms with Gasteiger partial charge in [0, 0.05) is 12.1 Å². The standard InChI is InChI=1S/C13H12FN5O2/c14-9-6-16-13(19-15)18-12(9)21-8-2-3-10-7(5-8)1-4-11(20)17-10/h2-3,5-6H,1,4,15H2,(H,17,20)(H,16,18,19). The number of nitrogen functional groups attached to an aromatic ring is 1. The molecule has 0 radical (unpaired) electrons. The summed E-state index contributed by atoms with van der Waals surface area (Å²) in [4.78, 5) is 18.7. The monoisotopic (exact) mass is 289 g/mol. The number of aryl methyl sites for hydroxylation is 1. The van der Waals surface area contributed by atoms with E-state index in [2.05, 4.69) is 20.7 Å². The van der Waals surface area contributed by atoms with E-state index in [9.17, 15) is 9.18 Å². The number of amides is 1. The molecule has 1 amide bonds. The highest BCUT2D eigenvalue weighted by atomic mass is 19.1. The molecule has 0 fully saturated rings. The fourth-order valence-corrected chi connectivity index (χ4v) is 2.03. The van der Waals surface area contributed by atoms with Gasteiger partial charge in [-0.25, -0.2) is 10.8 Å². The number of hydrogen-bond acceptors (Lipinski definition) is 6. The number of halogens is 1. The molecule has 0 atom stereocenters. The van der Waals surface area contributed by atoms with Crippen LogP contribution in [-0.4, -0.2) is 15.9 Å². The zero-order valence-corrected chi connectivity index (χ0v) is 10.9. The average Bonchev–Trinajstić information content (AvgIpc) is 2.49. The number of benzene rings is 1. The third kappa shape index (κ3) is 2.75. The van der Waals surface area contributed by atoms with Crippen LogP contribution >= 0.6 is 0 Å². The van der Waals surface area contributed by atoms with Crippen LogP contribution in [0.15, 0.2) is 24.4 Å². The Hall–Kier alpha value is -2.74. The van der Waals surface area contributed by atoms with Crippen LogP contribution in [0, 0.1) is 5.82 Å². The SMILES string of the molecule is NNc1ncc(F)c(Oc2ccc3c(c2)CCC(=O)N3)n1. The molecule has 1 aromatic heterocycles. The Morgan fingerprint density at radius 2 is 2.24 bits per heavy atom. The number of hydrogen-bond donors (Lipinski definition) is 3. The van der Waals surface area contributed by atoms with E-state index in [1.54, 1.807) is 18.2 Å². The minimum absolute atomic E-state index is 0.0170. The van der Waals surface area contributed by atoms with Gasteiger partial charge >= 0.3 is 0 Å². The highest BCUT2D eigenvalue weighted by Gasteiger charge is 2.16. The van der Waals surface area contributed by atoms with Gasteiger partial charge in [-0.05, 0) is 30.2 Å². The topological polar surface area (TPSA) is 102 Å². The molecule has 3 rings (SSSR count). The normalized spacial score (nSPS) is 13.3. The maximum Gasteiger partial charge on any atom is 0.260 e. The molecule has 0 bridgehead atoms. The van der Waals surface area contributed by atoms with Crippen LogP contribution in [-0.2, 0) is 11.2 Å². The lowest BCUT2D eigenvalue weighted by molar-refractivity contribution is -0.116. The van der Waals surface area contributed by atoms with E-state index in [0.717, 1.165) is 17.4 Å². The van der Waals surface area contributed by atoms with Crippen molar-refractivity contribution < 1.29 is 13.9 Å². The molecule has 0 saturated carbocycles. The molecular formula is C13H12FN5O2. The first kappa shape index (κ1) is 13.3. The quantitative estimate of drug-likeness (QED) is 0.585. The lowest BCUT2D eigenvalue weighted by Crippen LogP contribution is -2.18. The van der Waals surface area contributed by atoms with Gasteiger partial charge in [0.25, 0.3) is 5.88 Å². The Bertz CT molecular complexity index is 707. The minimum Gasteiger partial charge on any atom is -0.436 e. The van der Waals surface area contributed by atoms with Gasteiger partial charge in [0.15, 0.2) is 0 Å². The number of nitrogens with zero attached hydrogens (tertiary/aromatic N) is 2. The fraction of sp³-hybridized carbons (Fsp3) is 0.154. The van der Waals surface area contributed by atoms with Gasteiger partial charge in [-0.15, -0.1) is 0 Å². The third-order valence-electron chi connectivity index (χ3n) is 3.03. The summed E-state index contributed by atoms with van der Waals surface area (Å²) in [6, 6.07) is 5.08. The summed E-state index contributed by atoms with van der Waals surface area (Å²) in [5.41, 5.74) is 3.89. The van der Waals surface area contributed by atoms with Gasteiger partial charge in [-0.1, -0.05) is 0 Å². The van der Waals surface area contributed by atoms with Crippen molar-refractivity contribution in [2.45, 2.75) is 12.8 Å². The highest BCUT2D eigenvalue weighted by molar-refractivity contribution is 5.94. The predicted octanol–water partition coefficient (Wildman–Crippen LogP) is 1.58. The Labute approximate surface area is 119 Å². The summed E-state index contributed by atoms with van der Waals surface area (Å²) >= 11 is 0. The second-order valence-corrected chi connectivity index (χ2v) is 4.46. The number of nitrogens with two attached hydrogens (primary N) is 1. The third-order valence-corrected chi connectivity index (χ3v) is 3.03. The smallest absolute Gasteiger partial charge is 0.260 e. The van der Waals surface area contributed by atoms with E-state index >= 15 is 0 Å². The van der Waals surface area contributed by atoms with Gasteiger partial charge in [0.1, 0.15) is 5.75 Å². The number of nitrogens with one attached hydrogen (secondary N) is 2. The largest absolute Gasteiger partial charge is 0.436 e. The number of rotatable bonds is 3. The first-order valence-corrected chi connectivity index (χ1v) is 6.25. The molecule has 4 N–H and O–H groups in total. The minimum atomic E-state index is -0.694. The summed E-state index contributed by atoms with van der Waals surface area (Å²) in [5.74, 6) is 4.71. The van der Waals surface area contributed by atoms with Crippen LogP contribution in [0.5, 0.6) is 11.6 Å². The molecule has 0 aliphatic carbocycles. The zero-order chi connectivity index (χ0) is 14.8. The first-order chi connectivity index (χ1) is 10.2. The molecule has 1 aliphatic rings. The van der Waals surface area contributed by atoms with Gasteiger partial charge in [-0.2, -0.15) is 9.37 Å². The summed E-state index contributed by atoms with van der Waals surface area (Å²) in [7, 11) is 0. The van der Waals surface area contributed by atoms with E-state index in [1.807, 2.05) is 0 Å². The Morgan fingerprint density at radius 1 is 1.38 bits per heavy atom. The number of fused-ring (bicyclic) bond motifs is 1. The number of carbonyl (C=O) groups excluding carboxylic acids is 1.